The number of ether oxygens (including phenoxy) is 2. The van der Waals surface area contributed by atoms with Crippen LogP contribution >= 0.6 is 0 Å². The van der Waals surface area contributed by atoms with Gasteiger partial charge in [0.1, 0.15) is 17.3 Å². The van der Waals surface area contributed by atoms with E-state index in [-0.39, 0.29) is 23.9 Å². The van der Waals surface area contributed by atoms with Crippen molar-refractivity contribution in [1.29, 1.82) is 0 Å². The van der Waals surface area contributed by atoms with Crippen molar-refractivity contribution in [2.45, 2.75) is 45.7 Å². The van der Waals surface area contributed by atoms with Gasteiger partial charge in [-0.15, -0.1) is 0 Å². The highest BCUT2D eigenvalue weighted by molar-refractivity contribution is 5.91. The number of amides is 1. The van der Waals surface area contributed by atoms with Crippen molar-refractivity contribution in [3.63, 3.8) is 0 Å². The van der Waals surface area contributed by atoms with Crippen LogP contribution in [0.5, 0.6) is 5.75 Å². The van der Waals surface area contributed by atoms with E-state index < -0.39 is 0 Å². The molecule has 1 fully saturated rings. The SMILES string of the molecule is COc1ccc(CN(Cc2cccc(F)c2)Cc2ccc(C(=O)N3CC(C)OC(C)C3)o2)cc1. The van der Waals surface area contributed by atoms with E-state index in [1.54, 1.807) is 30.2 Å². The van der Waals surface area contributed by atoms with E-state index in [1.807, 2.05) is 50.2 Å². The first-order valence-electron chi connectivity index (χ1n) is 11.5. The maximum atomic E-state index is 13.8. The Morgan fingerprint density at radius 2 is 1.71 bits per heavy atom. The summed E-state index contributed by atoms with van der Waals surface area (Å²) >= 11 is 0. The van der Waals surface area contributed by atoms with Gasteiger partial charge in [0.05, 0.1) is 25.9 Å². The summed E-state index contributed by atoms with van der Waals surface area (Å²) in [5, 5.41) is 0. The van der Waals surface area contributed by atoms with Crippen LogP contribution in [0.1, 0.15) is 41.3 Å². The van der Waals surface area contributed by atoms with Gasteiger partial charge in [-0.3, -0.25) is 9.69 Å². The lowest BCUT2D eigenvalue weighted by atomic mass is 10.1. The van der Waals surface area contributed by atoms with Gasteiger partial charge in [0.15, 0.2) is 5.76 Å². The van der Waals surface area contributed by atoms with E-state index in [1.165, 1.54) is 6.07 Å². The normalized spacial score (nSPS) is 18.3. The van der Waals surface area contributed by atoms with Crippen LogP contribution in [0.3, 0.4) is 0 Å². The summed E-state index contributed by atoms with van der Waals surface area (Å²) in [6.45, 7) is 6.66. The highest BCUT2D eigenvalue weighted by Gasteiger charge is 2.28. The Hall–Kier alpha value is -3.16. The average molecular weight is 467 g/mol. The molecular formula is C27H31FN2O4. The Balaban J connectivity index is 1.49. The van der Waals surface area contributed by atoms with E-state index in [0.717, 1.165) is 16.9 Å². The van der Waals surface area contributed by atoms with Gasteiger partial charge in [-0.25, -0.2) is 4.39 Å². The molecule has 0 N–H and O–H groups in total. The van der Waals surface area contributed by atoms with Crippen LogP contribution in [-0.2, 0) is 24.4 Å². The quantitative estimate of drug-likeness (QED) is 0.474. The average Bonchev–Trinajstić information content (AvgIpc) is 3.27. The fourth-order valence-corrected chi connectivity index (χ4v) is 4.35. The molecule has 4 rings (SSSR count). The number of hydrogen-bond acceptors (Lipinski definition) is 5. The van der Waals surface area contributed by atoms with Gasteiger partial charge in [0, 0.05) is 26.2 Å². The van der Waals surface area contributed by atoms with Crippen LogP contribution in [-0.4, -0.2) is 48.1 Å². The molecule has 3 aromatic rings. The predicted molar refractivity (Wildman–Crippen MR) is 127 cm³/mol. The third kappa shape index (κ3) is 6.24. The topological polar surface area (TPSA) is 55.2 Å². The summed E-state index contributed by atoms with van der Waals surface area (Å²) in [6, 6.07) is 18.0. The second kappa shape index (κ2) is 10.8. The number of morpholine rings is 1. The number of hydrogen-bond donors (Lipinski definition) is 0. The number of methoxy groups -OCH3 is 1. The molecule has 1 amide bonds. The van der Waals surface area contributed by atoms with E-state index in [2.05, 4.69) is 4.90 Å². The number of furan rings is 1. The smallest absolute Gasteiger partial charge is 0.289 e. The first kappa shape index (κ1) is 24.0. The highest BCUT2D eigenvalue weighted by Crippen LogP contribution is 2.20. The Morgan fingerprint density at radius 1 is 1.00 bits per heavy atom. The Bertz CT molecular complexity index is 1090. The molecule has 2 unspecified atom stereocenters. The minimum Gasteiger partial charge on any atom is -0.497 e. The summed E-state index contributed by atoms with van der Waals surface area (Å²) < 4.78 is 30.7. The van der Waals surface area contributed by atoms with E-state index in [4.69, 9.17) is 13.9 Å². The van der Waals surface area contributed by atoms with Crippen molar-refractivity contribution in [1.82, 2.24) is 9.80 Å². The minimum atomic E-state index is -0.262. The Labute approximate surface area is 199 Å². The van der Waals surface area contributed by atoms with Crippen LogP contribution < -0.4 is 4.74 Å². The van der Waals surface area contributed by atoms with Crippen LogP contribution in [0.4, 0.5) is 4.39 Å². The standard InChI is InChI=1S/C27H31FN2O4/c1-19-14-30(15-20(2)33-19)27(31)26-12-11-25(34-26)18-29(17-22-5-4-6-23(28)13-22)16-21-7-9-24(32-3)10-8-21/h4-13,19-20H,14-18H2,1-3H3. The van der Waals surface area contributed by atoms with Crippen LogP contribution in [0.2, 0.25) is 0 Å². The summed E-state index contributed by atoms with van der Waals surface area (Å²) in [5.74, 6) is 1.41. The van der Waals surface area contributed by atoms with Crippen molar-refractivity contribution < 1.29 is 23.1 Å². The van der Waals surface area contributed by atoms with Gasteiger partial charge in [0.2, 0.25) is 0 Å². The number of benzene rings is 2. The van der Waals surface area contributed by atoms with Crippen LogP contribution in [0.25, 0.3) is 0 Å². The zero-order valence-electron chi connectivity index (χ0n) is 19.9. The monoisotopic (exact) mass is 466 g/mol. The van der Waals surface area contributed by atoms with E-state index in [0.29, 0.717) is 44.2 Å². The maximum absolute atomic E-state index is 13.8. The largest absolute Gasteiger partial charge is 0.497 e. The zero-order chi connectivity index (χ0) is 24.1. The molecule has 0 radical (unpaired) electrons. The number of halogens is 1. The van der Waals surface area contributed by atoms with E-state index >= 15 is 0 Å². The molecule has 0 saturated carbocycles. The number of rotatable bonds is 8. The molecule has 2 heterocycles. The van der Waals surface area contributed by atoms with Crippen molar-refractivity contribution in [2.24, 2.45) is 0 Å². The van der Waals surface area contributed by atoms with Crippen molar-refractivity contribution in [3.8, 4) is 5.75 Å². The van der Waals surface area contributed by atoms with Gasteiger partial charge in [-0.1, -0.05) is 24.3 Å². The van der Waals surface area contributed by atoms with Crippen LogP contribution in [0, 0.1) is 5.82 Å². The molecule has 2 atom stereocenters. The molecule has 1 aliphatic rings. The lowest BCUT2D eigenvalue weighted by Crippen LogP contribution is -2.48. The van der Waals surface area contributed by atoms with Gasteiger partial charge < -0.3 is 18.8 Å². The number of carbonyl (C=O) groups is 1. The fourth-order valence-electron chi connectivity index (χ4n) is 4.35. The third-order valence-corrected chi connectivity index (χ3v) is 5.82. The molecule has 180 valence electrons. The number of nitrogens with zero attached hydrogens (tertiary/aromatic N) is 2. The molecule has 2 aromatic carbocycles. The van der Waals surface area contributed by atoms with Gasteiger partial charge in [0.25, 0.3) is 5.91 Å². The molecule has 0 spiro atoms. The van der Waals surface area contributed by atoms with Crippen molar-refractivity contribution in [3.05, 3.63) is 89.1 Å². The van der Waals surface area contributed by atoms with Gasteiger partial charge in [-0.2, -0.15) is 0 Å². The van der Waals surface area contributed by atoms with Crippen molar-refractivity contribution in [2.75, 3.05) is 20.2 Å². The lowest BCUT2D eigenvalue weighted by molar-refractivity contribution is -0.0592. The van der Waals surface area contributed by atoms with Crippen LogP contribution in [0.15, 0.2) is 65.1 Å². The summed E-state index contributed by atoms with van der Waals surface area (Å²) in [4.78, 5) is 16.9. The molecule has 1 aromatic heterocycles. The first-order chi connectivity index (χ1) is 16.4. The summed E-state index contributed by atoms with van der Waals surface area (Å²) in [7, 11) is 1.64. The minimum absolute atomic E-state index is 0.00612. The zero-order valence-corrected chi connectivity index (χ0v) is 19.9. The Kier molecular flexibility index (Phi) is 7.65. The molecule has 1 saturated heterocycles. The summed E-state index contributed by atoms with van der Waals surface area (Å²) in [6.07, 6.45) is -0.0122. The van der Waals surface area contributed by atoms with E-state index in [9.17, 15) is 9.18 Å². The molecule has 0 aliphatic carbocycles. The first-order valence-corrected chi connectivity index (χ1v) is 11.5. The van der Waals surface area contributed by atoms with Crippen molar-refractivity contribution >= 4 is 5.91 Å². The maximum Gasteiger partial charge on any atom is 0.289 e. The molecule has 1 aliphatic heterocycles. The second-order valence-electron chi connectivity index (χ2n) is 8.86. The molecule has 7 heteroatoms. The van der Waals surface area contributed by atoms with Gasteiger partial charge in [-0.05, 0) is 61.4 Å². The van der Waals surface area contributed by atoms with Gasteiger partial charge >= 0.3 is 0 Å². The third-order valence-electron chi connectivity index (χ3n) is 5.82. The lowest BCUT2D eigenvalue weighted by Gasteiger charge is -2.34. The second-order valence-corrected chi connectivity index (χ2v) is 8.86. The molecular weight excluding hydrogens is 435 g/mol. The molecule has 6 nitrogen and oxygen atoms in total. The highest BCUT2D eigenvalue weighted by atomic mass is 19.1. The molecule has 34 heavy (non-hydrogen) atoms. The number of carbonyl (C=O) groups excluding carboxylic acids is 1. The summed E-state index contributed by atoms with van der Waals surface area (Å²) in [5.41, 5.74) is 1.96. The fraction of sp³-hybridized carbons (Fsp3) is 0.370. The Morgan fingerprint density at radius 3 is 2.38 bits per heavy atom. The molecule has 0 bridgehead atoms. The predicted octanol–water partition coefficient (Wildman–Crippen LogP) is 4.88.